The molecule has 1 aromatic carbocycles. The van der Waals surface area contributed by atoms with Gasteiger partial charge in [-0.15, -0.1) is 0 Å². The third kappa shape index (κ3) is 2.64. The van der Waals surface area contributed by atoms with E-state index in [1.807, 2.05) is 0 Å². The Hall–Kier alpha value is -0.860. The van der Waals surface area contributed by atoms with E-state index in [1.165, 1.54) is 50.8 Å². The van der Waals surface area contributed by atoms with Gasteiger partial charge in [-0.1, -0.05) is 37.6 Å². The molecule has 20 heavy (non-hydrogen) atoms. The van der Waals surface area contributed by atoms with E-state index < -0.39 is 0 Å². The van der Waals surface area contributed by atoms with Crippen molar-refractivity contribution >= 4 is 0 Å². The highest BCUT2D eigenvalue weighted by molar-refractivity contribution is 5.30. The van der Waals surface area contributed by atoms with Gasteiger partial charge in [0.15, 0.2) is 0 Å². The maximum atomic E-state index is 3.54. The molecule has 2 aliphatic rings. The maximum Gasteiger partial charge on any atom is 0.0484 e. The number of nitrogens with one attached hydrogen (secondary N) is 1. The lowest BCUT2D eigenvalue weighted by Crippen LogP contribution is -2.53. The molecule has 2 aliphatic heterocycles. The topological polar surface area (TPSA) is 15.3 Å². The molecule has 0 aromatic heterocycles. The SMILES string of the molecule is CCc1ccc(C2(N3CCCCC3)CCNCC2)cc1. The molecule has 2 fully saturated rings. The quantitative estimate of drug-likeness (QED) is 0.908. The minimum Gasteiger partial charge on any atom is -0.317 e. The van der Waals surface area contributed by atoms with Crippen molar-refractivity contribution in [1.82, 2.24) is 10.2 Å². The highest BCUT2D eigenvalue weighted by Gasteiger charge is 2.39. The number of piperidine rings is 2. The molecular formula is C18H28N2. The van der Waals surface area contributed by atoms with Crippen molar-refractivity contribution in [2.24, 2.45) is 0 Å². The Morgan fingerprint density at radius 3 is 2.25 bits per heavy atom. The number of hydrogen-bond donors (Lipinski definition) is 1. The van der Waals surface area contributed by atoms with Crippen LogP contribution >= 0.6 is 0 Å². The van der Waals surface area contributed by atoms with Gasteiger partial charge in [0.25, 0.3) is 0 Å². The first-order valence-electron chi connectivity index (χ1n) is 8.40. The van der Waals surface area contributed by atoms with Crippen LogP contribution in [0.15, 0.2) is 24.3 Å². The molecule has 2 saturated heterocycles. The molecule has 0 spiro atoms. The molecule has 2 heteroatoms. The van der Waals surface area contributed by atoms with Crippen molar-refractivity contribution in [3.63, 3.8) is 0 Å². The van der Waals surface area contributed by atoms with Gasteiger partial charge in [0.05, 0.1) is 0 Å². The van der Waals surface area contributed by atoms with Crippen molar-refractivity contribution in [3.05, 3.63) is 35.4 Å². The first-order valence-corrected chi connectivity index (χ1v) is 8.40. The fraction of sp³-hybridized carbons (Fsp3) is 0.667. The Morgan fingerprint density at radius 1 is 1.00 bits per heavy atom. The first-order chi connectivity index (χ1) is 9.85. The normalized spacial score (nSPS) is 23.6. The Bertz CT molecular complexity index is 412. The van der Waals surface area contributed by atoms with E-state index in [1.54, 1.807) is 5.56 Å². The van der Waals surface area contributed by atoms with Gasteiger partial charge in [0.1, 0.15) is 0 Å². The van der Waals surface area contributed by atoms with Gasteiger partial charge < -0.3 is 5.32 Å². The second-order valence-electron chi connectivity index (χ2n) is 6.38. The van der Waals surface area contributed by atoms with Crippen LogP contribution in [0.5, 0.6) is 0 Å². The smallest absolute Gasteiger partial charge is 0.0484 e. The first kappa shape index (κ1) is 14.1. The highest BCUT2D eigenvalue weighted by Crippen LogP contribution is 2.38. The predicted octanol–water partition coefficient (Wildman–Crippen LogP) is 3.31. The summed E-state index contributed by atoms with van der Waals surface area (Å²) in [6.07, 6.45) is 7.83. The van der Waals surface area contributed by atoms with Crippen LogP contribution in [0.1, 0.15) is 50.2 Å². The van der Waals surface area contributed by atoms with Gasteiger partial charge in [0.2, 0.25) is 0 Å². The van der Waals surface area contributed by atoms with Crippen molar-refractivity contribution in [2.75, 3.05) is 26.2 Å². The van der Waals surface area contributed by atoms with Crippen molar-refractivity contribution in [2.45, 2.75) is 51.0 Å². The zero-order valence-corrected chi connectivity index (χ0v) is 12.8. The van der Waals surface area contributed by atoms with Crippen LogP contribution in [-0.4, -0.2) is 31.1 Å². The van der Waals surface area contributed by atoms with E-state index in [4.69, 9.17) is 0 Å². The van der Waals surface area contributed by atoms with Crippen LogP contribution in [0.2, 0.25) is 0 Å². The maximum absolute atomic E-state index is 3.54. The molecule has 0 unspecified atom stereocenters. The second kappa shape index (κ2) is 6.28. The molecule has 0 amide bonds. The van der Waals surface area contributed by atoms with E-state index in [0.29, 0.717) is 5.54 Å². The number of hydrogen-bond acceptors (Lipinski definition) is 2. The molecule has 1 N–H and O–H groups in total. The van der Waals surface area contributed by atoms with Gasteiger partial charge >= 0.3 is 0 Å². The summed E-state index contributed by atoms with van der Waals surface area (Å²) in [6.45, 7) is 7.13. The van der Waals surface area contributed by atoms with Crippen LogP contribution in [0.3, 0.4) is 0 Å². The molecule has 0 bridgehead atoms. The van der Waals surface area contributed by atoms with Crippen molar-refractivity contribution < 1.29 is 0 Å². The van der Waals surface area contributed by atoms with E-state index in [-0.39, 0.29) is 0 Å². The summed E-state index contributed by atoms with van der Waals surface area (Å²) in [6, 6.07) is 9.48. The minimum absolute atomic E-state index is 0.304. The number of benzene rings is 1. The third-order valence-corrected chi connectivity index (χ3v) is 5.29. The molecule has 0 atom stereocenters. The van der Waals surface area contributed by atoms with Crippen molar-refractivity contribution in [3.8, 4) is 0 Å². The number of aryl methyl sites for hydroxylation is 1. The fourth-order valence-corrected chi connectivity index (χ4v) is 4.00. The van der Waals surface area contributed by atoms with Gasteiger partial charge in [-0.25, -0.2) is 0 Å². The van der Waals surface area contributed by atoms with Crippen LogP contribution in [0.4, 0.5) is 0 Å². The Kier molecular flexibility index (Phi) is 4.42. The van der Waals surface area contributed by atoms with Crippen molar-refractivity contribution in [1.29, 1.82) is 0 Å². The van der Waals surface area contributed by atoms with Crippen LogP contribution < -0.4 is 5.32 Å². The molecule has 110 valence electrons. The Labute approximate surface area is 123 Å². The summed E-state index contributed by atoms with van der Waals surface area (Å²) in [4.78, 5) is 2.79. The van der Waals surface area contributed by atoms with Crippen LogP contribution in [0, 0.1) is 0 Å². The van der Waals surface area contributed by atoms with E-state index in [0.717, 1.165) is 19.5 Å². The zero-order valence-electron chi connectivity index (χ0n) is 12.8. The molecule has 2 heterocycles. The van der Waals surface area contributed by atoms with E-state index in [2.05, 4.69) is 41.4 Å². The lowest BCUT2D eigenvalue weighted by Gasteiger charge is -2.49. The summed E-state index contributed by atoms with van der Waals surface area (Å²) in [5.41, 5.74) is 3.31. The summed E-state index contributed by atoms with van der Waals surface area (Å²) in [7, 11) is 0. The van der Waals surface area contributed by atoms with Crippen LogP contribution in [-0.2, 0) is 12.0 Å². The molecule has 0 radical (unpaired) electrons. The summed E-state index contributed by atoms with van der Waals surface area (Å²) < 4.78 is 0. The average Bonchev–Trinajstić information content (AvgIpc) is 2.56. The predicted molar refractivity (Wildman–Crippen MR) is 85.0 cm³/mol. The molecule has 0 saturated carbocycles. The summed E-state index contributed by atoms with van der Waals surface area (Å²) in [5.74, 6) is 0. The molecule has 2 nitrogen and oxygen atoms in total. The largest absolute Gasteiger partial charge is 0.317 e. The standard InChI is InChI=1S/C18H28N2/c1-2-16-6-8-17(9-7-16)18(10-12-19-13-11-18)20-14-4-3-5-15-20/h6-9,19H,2-5,10-15H2,1H3. The highest BCUT2D eigenvalue weighted by atomic mass is 15.2. The fourth-order valence-electron chi connectivity index (χ4n) is 4.00. The molecule has 0 aliphatic carbocycles. The summed E-state index contributed by atoms with van der Waals surface area (Å²) in [5, 5.41) is 3.54. The lowest BCUT2D eigenvalue weighted by atomic mass is 9.78. The minimum atomic E-state index is 0.304. The molecular weight excluding hydrogens is 244 g/mol. The Balaban J connectivity index is 1.90. The zero-order chi connectivity index (χ0) is 13.8. The number of likely N-dealkylation sites (tertiary alicyclic amines) is 1. The van der Waals surface area contributed by atoms with E-state index in [9.17, 15) is 0 Å². The van der Waals surface area contributed by atoms with Gasteiger partial charge in [0, 0.05) is 5.54 Å². The Morgan fingerprint density at radius 2 is 1.65 bits per heavy atom. The molecule has 3 rings (SSSR count). The molecule has 1 aromatic rings. The third-order valence-electron chi connectivity index (χ3n) is 5.29. The lowest BCUT2D eigenvalue weighted by molar-refractivity contribution is 0.0360. The van der Waals surface area contributed by atoms with Gasteiger partial charge in [-0.05, 0) is 69.4 Å². The van der Waals surface area contributed by atoms with Gasteiger partial charge in [-0.2, -0.15) is 0 Å². The van der Waals surface area contributed by atoms with Crippen LogP contribution in [0.25, 0.3) is 0 Å². The monoisotopic (exact) mass is 272 g/mol. The number of nitrogens with zero attached hydrogens (tertiary/aromatic N) is 1. The summed E-state index contributed by atoms with van der Waals surface area (Å²) >= 11 is 0. The number of rotatable bonds is 3. The average molecular weight is 272 g/mol. The van der Waals surface area contributed by atoms with E-state index >= 15 is 0 Å². The van der Waals surface area contributed by atoms with Gasteiger partial charge in [-0.3, -0.25) is 4.90 Å². The second-order valence-corrected chi connectivity index (χ2v) is 6.38.